The van der Waals surface area contributed by atoms with Gasteiger partial charge in [0.1, 0.15) is 0 Å². The zero-order valence-electron chi connectivity index (χ0n) is 13.6. The standard InChI is InChI=1S/C12H7S.2C5H5.ClH.Ti/c1-3-7-11-9(5-1)10-6-2-4-8-12(10)13-11;2*1-2-4-5-3-1;;/h1-7H;2*1-5H;1H;/q-1;;;;+4/p-1. The summed E-state index contributed by atoms with van der Waals surface area (Å²) >= 11 is 3.28. The molecule has 2 saturated carbocycles. The molecule has 1 heterocycles. The molecule has 0 nitrogen and oxygen atoms in total. The second kappa shape index (κ2) is 12.9. The van der Waals surface area contributed by atoms with Gasteiger partial charge in [0.25, 0.3) is 0 Å². The Bertz CT molecular complexity index is 638. The SMILES string of the molecule is [CH]1[CH][CH][CH][CH]1.[CH]1[CH][CH][CH][CH]1.[Cl][Ti+3].[c-]1cccc2c1sc1ccccc12. The normalized spacial score (nSPS) is 15.6. The van der Waals surface area contributed by atoms with Crippen LogP contribution in [0.1, 0.15) is 0 Å². The average Bonchev–Trinajstić information content (AvgIpc) is 3.47. The van der Waals surface area contributed by atoms with Crippen LogP contribution in [0.15, 0.2) is 42.5 Å². The molecule has 5 rings (SSSR count). The van der Waals surface area contributed by atoms with Gasteiger partial charge in [-0.05, 0) is 70.3 Å². The summed E-state index contributed by atoms with van der Waals surface area (Å²) in [6.07, 6.45) is 20.0. The van der Waals surface area contributed by atoms with Gasteiger partial charge in [-0.2, -0.15) is 35.6 Å². The molecule has 1 aromatic heterocycles. The predicted octanol–water partition coefficient (Wildman–Crippen LogP) is 6.58. The molecule has 0 saturated heterocycles. The molecular weight excluding hydrogens is 380 g/mol. The van der Waals surface area contributed by atoms with Crippen molar-refractivity contribution in [2.75, 3.05) is 0 Å². The molecule has 2 fully saturated rings. The van der Waals surface area contributed by atoms with E-state index in [1.54, 1.807) is 11.3 Å². The van der Waals surface area contributed by atoms with E-state index in [1.165, 1.54) is 39.5 Å². The number of benzene rings is 2. The van der Waals surface area contributed by atoms with Crippen LogP contribution in [0.3, 0.4) is 0 Å². The van der Waals surface area contributed by atoms with Gasteiger partial charge < -0.3 is 0 Å². The van der Waals surface area contributed by atoms with Crippen molar-refractivity contribution in [2.45, 2.75) is 0 Å². The van der Waals surface area contributed by atoms with Gasteiger partial charge >= 0.3 is 28.7 Å². The summed E-state index contributed by atoms with van der Waals surface area (Å²) in [6, 6.07) is 17.9. The van der Waals surface area contributed by atoms with Crippen molar-refractivity contribution in [2.24, 2.45) is 0 Å². The molecule has 10 radical (unpaired) electrons. The first kappa shape index (κ1) is 21.0. The molecule has 2 aliphatic rings. The Labute approximate surface area is 172 Å². The zero-order valence-corrected chi connectivity index (χ0v) is 16.7. The Morgan fingerprint density at radius 1 is 0.640 bits per heavy atom. The van der Waals surface area contributed by atoms with Gasteiger partial charge in [-0.25, -0.2) is 0 Å². The van der Waals surface area contributed by atoms with E-state index >= 15 is 0 Å². The van der Waals surface area contributed by atoms with Crippen LogP contribution in [-0.4, -0.2) is 0 Å². The summed E-state index contributed by atoms with van der Waals surface area (Å²) in [5, 5.41) is 2.67. The van der Waals surface area contributed by atoms with Crippen molar-refractivity contribution < 1.29 is 19.4 Å². The topological polar surface area (TPSA) is 0 Å². The van der Waals surface area contributed by atoms with Crippen molar-refractivity contribution in [1.29, 1.82) is 0 Å². The molecule has 3 aromatic rings. The maximum absolute atomic E-state index is 4.64. The van der Waals surface area contributed by atoms with Gasteiger partial charge in [0.05, 0.1) is 0 Å². The fraction of sp³-hybridized carbons (Fsp3) is 0. The Balaban J connectivity index is 0.000000155. The van der Waals surface area contributed by atoms with E-state index in [4.69, 9.17) is 0 Å². The Kier molecular flexibility index (Phi) is 10.8. The molecule has 0 spiro atoms. The van der Waals surface area contributed by atoms with Gasteiger partial charge in [0.2, 0.25) is 0 Å². The van der Waals surface area contributed by atoms with Gasteiger partial charge in [-0.3, -0.25) is 0 Å². The quantitative estimate of drug-likeness (QED) is 0.297. The molecule has 0 unspecified atom stereocenters. The van der Waals surface area contributed by atoms with E-state index in [0.29, 0.717) is 0 Å². The Morgan fingerprint density at radius 2 is 1.12 bits per heavy atom. The van der Waals surface area contributed by atoms with E-state index in [2.05, 4.69) is 45.7 Å². The molecule has 0 aliphatic heterocycles. The van der Waals surface area contributed by atoms with Crippen molar-refractivity contribution in [3.05, 3.63) is 113 Å². The molecular formula is C22H17ClSTi+2. The number of hydrogen-bond acceptors (Lipinski definition) is 1. The van der Waals surface area contributed by atoms with Gasteiger partial charge in [0.15, 0.2) is 0 Å². The average molecular weight is 397 g/mol. The third kappa shape index (κ3) is 7.06. The fourth-order valence-electron chi connectivity index (χ4n) is 2.25. The molecule has 2 aromatic carbocycles. The van der Waals surface area contributed by atoms with Gasteiger partial charge in [-0.1, -0.05) is 28.3 Å². The van der Waals surface area contributed by atoms with Crippen molar-refractivity contribution in [3.63, 3.8) is 0 Å². The van der Waals surface area contributed by atoms with Crippen LogP contribution >= 0.6 is 20.6 Å². The van der Waals surface area contributed by atoms with E-state index in [1.807, 2.05) is 76.3 Å². The monoisotopic (exact) mass is 396 g/mol. The summed E-state index contributed by atoms with van der Waals surface area (Å²) in [5.74, 6) is 0. The summed E-state index contributed by atoms with van der Waals surface area (Å²) in [7, 11) is 4.64. The number of hydrogen-bond donors (Lipinski definition) is 0. The van der Waals surface area contributed by atoms with Crippen LogP contribution in [-0.2, 0) is 19.4 Å². The number of fused-ring (bicyclic) bond motifs is 3. The Hall–Kier alpha value is -0.336. The summed E-state index contributed by atoms with van der Waals surface area (Å²) in [6.45, 7) is 0. The maximum atomic E-state index is 4.64. The molecule has 2 aliphatic carbocycles. The molecule has 25 heavy (non-hydrogen) atoms. The molecule has 0 atom stereocenters. The number of rotatable bonds is 0. The fourth-order valence-corrected chi connectivity index (χ4v) is 3.32. The summed E-state index contributed by atoms with van der Waals surface area (Å²) < 4.78 is 2.60. The smallest absolute Gasteiger partial charge is 0.0211 e. The predicted molar refractivity (Wildman–Crippen MR) is 107 cm³/mol. The van der Waals surface area contributed by atoms with Crippen LogP contribution in [0.5, 0.6) is 0 Å². The Morgan fingerprint density at radius 3 is 1.68 bits per heavy atom. The first-order valence-corrected chi connectivity index (χ1v) is 10.7. The van der Waals surface area contributed by atoms with Crippen molar-refractivity contribution in [3.8, 4) is 0 Å². The van der Waals surface area contributed by atoms with E-state index in [0.717, 1.165) is 0 Å². The minimum Gasteiger partial charge on any atom is -0.176 e. The largest absolute Gasteiger partial charge is 0.176 e. The van der Waals surface area contributed by atoms with Crippen LogP contribution in [0.2, 0.25) is 0 Å². The molecule has 0 amide bonds. The molecule has 3 heteroatoms. The minimum atomic E-state index is 1.25. The third-order valence-electron chi connectivity index (χ3n) is 3.32. The summed E-state index contributed by atoms with van der Waals surface area (Å²) in [4.78, 5) is 0. The first-order valence-electron chi connectivity index (χ1n) is 7.75. The van der Waals surface area contributed by atoms with Crippen LogP contribution in [0, 0.1) is 70.3 Å². The van der Waals surface area contributed by atoms with Crippen molar-refractivity contribution >= 4 is 40.8 Å². The van der Waals surface area contributed by atoms with Gasteiger partial charge in [0, 0.05) is 4.70 Å². The second-order valence-electron chi connectivity index (χ2n) is 4.94. The van der Waals surface area contributed by atoms with Crippen LogP contribution in [0.25, 0.3) is 20.2 Å². The first-order chi connectivity index (χ1) is 12.4. The third-order valence-corrected chi connectivity index (χ3v) is 4.44. The van der Waals surface area contributed by atoms with Crippen molar-refractivity contribution in [1.82, 2.24) is 0 Å². The van der Waals surface area contributed by atoms with Gasteiger partial charge in [-0.15, -0.1) is 5.39 Å². The van der Waals surface area contributed by atoms with E-state index < -0.39 is 0 Å². The summed E-state index contributed by atoms with van der Waals surface area (Å²) in [5.41, 5.74) is 0. The van der Waals surface area contributed by atoms with E-state index in [-0.39, 0.29) is 0 Å². The van der Waals surface area contributed by atoms with Crippen LogP contribution < -0.4 is 0 Å². The molecule has 0 N–H and O–H groups in total. The number of thiophene rings is 1. The second-order valence-corrected chi connectivity index (χ2v) is 5.99. The zero-order chi connectivity index (χ0) is 17.7. The van der Waals surface area contributed by atoms with Crippen LogP contribution in [0.4, 0.5) is 0 Å². The minimum absolute atomic E-state index is 1.25. The molecule has 0 bridgehead atoms. The van der Waals surface area contributed by atoms with E-state index in [9.17, 15) is 0 Å². The molecule has 120 valence electrons. The maximum Gasteiger partial charge on any atom is 0.0211 e. The number of halogens is 1.